The average Bonchev–Trinajstić information content (AvgIpc) is 3.26. The van der Waals surface area contributed by atoms with E-state index < -0.39 is 0 Å². The topological polar surface area (TPSA) is 59.7 Å². The molecule has 1 atom stereocenters. The molecule has 1 saturated heterocycles. The molecule has 2 aliphatic rings. The molecule has 0 N–H and O–H groups in total. The van der Waals surface area contributed by atoms with Crippen LogP contribution in [0, 0.1) is 5.92 Å². The van der Waals surface area contributed by atoms with E-state index >= 15 is 0 Å². The third kappa shape index (κ3) is 2.01. The molecule has 6 nitrogen and oxygen atoms in total. The molecular formula is C15H18N4O2. The summed E-state index contributed by atoms with van der Waals surface area (Å²) in [6.45, 7) is 4.03. The lowest BCUT2D eigenvalue weighted by atomic mass is 9.92. The van der Waals surface area contributed by atoms with Crippen LogP contribution in [0.3, 0.4) is 0 Å². The minimum absolute atomic E-state index is 0.0378. The van der Waals surface area contributed by atoms with Gasteiger partial charge < -0.3 is 9.64 Å². The van der Waals surface area contributed by atoms with E-state index in [1.165, 1.54) is 12.8 Å². The summed E-state index contributed by atoms with van der Waals surface area (Å²) in [5, 5.41) is 0. The molecule has 0 aromatic carbocycles. The largest absolute Gasteiger partial charge is 0.377 e. The van der Waals surface area contributed by atoms with Crippen LogP contribution < -0.4 is 0 Å². The SMILES string of the molecule is CC1(C2CC2)COCCN1C(=O)c1cnc2nccn2c1. The summed E-state index contributed by atoms with van der Waals surface area (Å²) in [5.41, 5.74) is 0.424. The number of hydrogen-bond acceptors (Lipinski definition) is 4. The van der Waals surface area contributed by atoms with Crippen molar-refractivity contribution in [3.8, 4) is 0 Å². The summed E-state index contributed by atoms with van der Waals surface area (Å²) in [7, 11) is 0. The number of ether oxygens (including phenoxy) is 1. The average molecular weight is 286 g/mol. The number of rotatable bonds is 2. The van der Waals surface area contributed by atoms with Gasteiger partial charge in [0.05, 0.1) is 24.3 Å². The molecule has 4 rings (SSSR count). The maximum absolute atomic E-state index is 12.9. The number of amides is 1. The molecule has 3 heterocycles. The minimum Gasteiger partial charge on any atom is -0.377 e. The van der Waals surface area contributed by atoms with E-state index in [1.54, 1.807) is 29.2 Å². The smallest absolute Gasteiger partial charge is 0.257 e. The van der Waals surface area contributed by atoms with Crippen LogP contribution in [0.4, 0.5) is 0 Å². The molecule has 0 bridgehead atoms. The number of fused-ring (bicyclic) bond motifs is 1. The third-order valence-corrected chi connectivity index (χ3v) is 4.66. The van der Waals surface area contributed by atoms with Crippen LogP contribution in [0.25, 0.3) is 5.78 Å². The first-order chi connectivity index (χ1) is 10.2. The first-order valence-electron chi connectivity index (χ1n) is 7.37. The van der Waals surface area contributed by atoms with Gasteiger partial charge in [0.1, 0.15) is 0 Å². The van der Waals surface area contributed by atoms with Crippen LogP contribution in [-0.2, 0) is 4.74 Å². The lowest BCUT2D eigenvalue weighted by Crippen LogP contribution is -2.58. The van der Waals surface area contributed by atoms with Gasteiger partial charge in [0.2, 0.25) is 5.78 Å². The van der Waals surface area contributed by atoms with E-state index in [9.17, 15) is 4.79 Å². The highest BCUT2D eigenvalue weighted by molar-refractivity contribution is 5.94. The van der Waals surface area contributed by atoms with Crippen molar-refractivity contribution in [2.75, 3.05) is 19.8 Å². The predicted octanol–water partition coefficient (Wildman–Crippen LogP) is 1.37. The molecule has 2 fully saturated rings. The molecule has 1 aliphatic carbocycles. The molecule has 21 heavy (non-hydrogen) atoms. The zero-order chi connectivity index (χ0) is 14.4. The number of hydrogen-bond donors (Lipinski definition) is 0. The Kier molecular flexibility index (Phi) is 2.75. The van der Waals surface area contributed by atoms with Crippen molar-refractivity contribution in [2.24, 2.45) is 5.92 Å². The lowest BCUT2D eigenvalue weighted by Gasteiger charge is -2.45. The molecule has 2 aromatic rings. The second kappa shape index (κ2) is 4.53. The van der Waals surface area contributed by atoms with E-state index in [1.807, 2.05) is 4.90 Å². The van der Waals surface area contributed by atoms with Gasteiger partial charge in [-0.1, -0.05) is 0 Å². The second-order valence-corrected chi connectivity index (χ2v) is 6.12. The van der Waals surface area contributed by atoms with Crippen molar-refractivity contribution in [3.05, 3.63) is 30.4 Å². The van der Waals surface area contributed by atoms with Crippen molar-refractivity contribution in [2.45, 2.75) is 25.3 Å². The van der Waals surface area contributed by atoms with Gasteiger partial charge in [0, 0.05) is 31.3 Å². The van der Waals surface area contributed by atoms with Gasteiger partial charge in [-0.25, -0.2) is 9.97 Å². The van der Waals surface area contributed by atoms with Crippen LogP contribution in [0.15, 0.2) is 24.8 Å². The number of morpholine rings is 1. The summed E-state index contributed by atoms with van der Waals surface area (Å²) in [4.78, 5) is 23.2. The quantitative estimate of drug-likeness (QED) is 0.836. The number of aromatic nitrogens is 3. The predicted molar refractivity (Wildman–Crippen MR) is 76.0 cm³/mol. The fraction of sp³-hybridized carbons (Fsp3) is 0.533. The first-order valence-corrected chi connectivity index (χ1v) is 7.37. The standard InChI is InChI=1S/C15H18N4O2/c1-15(12-2-3-12)10-21-7-6-19(15)13(20)11-8-17-14-16-4-5-18(14)9-11/h4-5,8-9,12H,2-3,6-7,10H2,1H3. The summed E-state index contributed by atoms with van der Waals surface area (Å²) >= 11 is 0. The molecular weight excluding hydrogens is 268 g/mol. The van der Waals surface area contributed by atoms with Gasteiger partial charge in [-0.15, -0.1) is 0 Å². The Morgan fingerprint density at radius 2 is 2.29 bits per heavy atom. The summed E-state index contributed by atoms with van der Waals surface area (Å²) in [6, 6.07) is 0. The first kappa shape index (κ1) is 12.8. The number of nitrogens with zero attached hydrogens (tertiary/aromatic N) is 4. The zero-order valence-corrected chi connectivity index (χ0v) is 12.0. The molecule has 1 amide bonds. The third-order valence-electron chi connectivity index (χ3n) is 4.66. The Morgan fingerprint density at radius 1 is 1.43 bits per heavy atom. The van der Waals surface area contributed by atoms with Gasteiger partial charge in [-0.2, -0.15) is 0 Å². The van der Waals surface area contributed by atoms with Crippen molar-refractivity contribution in [1.29, 1.82) is 0 Å². The summed E-state index contributed by atoms with van der Waals surface area (Å²) in [6.07, 6.45) is 9.27. The highest BCUT2D eigenvalue weighted by Crippen LogP contribution is 2.44. The van der Waals surface area contributed by atoms with Crippen LogP contribution in [0.5, 0.6) is 0 Å². The van der Waals surface area contributed by atoms with Crippen molar-refractivity contribution in [1.82, 2.24) is 19.3 Å². The Balaban J connectivity index is 1.68. The monoisotopic (exact) mass is 286 g/mol. The molecule has 2 aromatic heterocycles. The molecule has 1 aliphatic heterocycles. The second-order valence-electron chi connectivity index (χ2n) is 6.12. The van der Waals surface area contributed by atoms with E-state index in [-0.39, 0.29) is 11.4 Å². The van der Waals surface area contributed by atoms with Crippen LogP contribution in [0.2, 0.25) is 0 Å². The van der Waals surface area contributed by atoms with E-state index in [4.69, 9.17) is 4.74 Å². The fourth-order valence-corrected chi connectivity index (χ4v) is 3.23. The highest BCUT2D eigenvalue weighted by Gasteiger charge is 2.49. The van der Waals surface area contributed by atoms with Gasteiger partial charge in [0.15, 0.2) is 0 Å². The summed E-state index contributed by atoms with van der Waals surface area (Å²) in [5.74, 6) is 1.21. The lowest BCUT2D eigenvalue weighted by molar-refractivity contribution is -0.0547. The summed E-state index contributed by atoms with van der Waals surface area (Å²) < 4.78 is 7.42. The maximum Gasteiger partial charge on any atom is 0.257 e. The number of imidazole rings is 1. The molecule has 1 unspecified atom stereocenters. The number of carbonyl (C=O) groups is 1. The van der Waals surface area contributed by atoms with Gasteiger partial charge >= 0.3 is 0 Å². The van der Waals surface area contributed by atoms with Gasteiger partial charge in [-0.05, 0) is 25.7 Å². The van der Waals surface area contributed by atoms with Crippen LogP contribution >= 0.6 is 0 Å². The molecule has 0 spiro atoms. The van der Waals surface area contributed by atoms with E-state index in [2.05, 4.69) is 16.9 Å². The van der Waals surface area contributed by atoms with Crippen molar-refractivity contribution in [3.63, 3.8) is 0 Å². The normalized spacial score (nSPS) is 26.2. The molecule has 110 valence electrons. The van der Waals surface area contributed by atoms with E-state index in [0.29, 0.717) is 37.0 Å². The Labute approximate surface area is 122 Å². The fourth-order valence-electron chi connectivity index (χ4n) is 3.23. The van der Waals surface area contributed by atoms with Gasteiger partial charge in [0.25, 0.3) is 5.91 Å². The van der Waals surface area contributed by atoms with Crippen LogP contribution in [0.1, 0.15) is 30.1 Å². The maximum atomic E-state index is 12.9. The zero-order valence-electron chi connectivity index (χ0n) is 12.0. The molecule has 1 saturated carbocycles. The number of carbonyl (C=O) groups excluding carboxylic acids is 1. The van der Waals surface area contributed by atoms with Crippen molar-refractivity contribution >= 4 is 11.7 Å². The van der Waals surface area contributed by atoms with E-state index in [0.717, 1.165) is 0 Å². The van der Waals surface area contributed by atoms with Crippen LogP contribution in [-0.4, -0.2) is 50.5 Å². The Bertz CT molecular complexity index is 694. The Morgan fingerprint density at radius 3 is 3.10 bits per heavy atom. The molecule has 6 heteroatoms. The minimum atomic E-state index is -0.181. The highest BCUT2D eigenvalue weighted by atomic mass is 16.5. The van der Waals surface area contributed by atoms with Gasteiger partial charge in [-0.3, -0.25) is 9.20 Å². The Hall–Kier alpha value is -1.95. The molecule has 0 radical (unpaired) electrons. The van der Waals surface area contributed by atoms with Crippen molar-refractivity contribution < 1.29 is 9.53 Å².